The van der Waals surface area contributed by atoms with Gasteiger partial charge in [-0.15, -0.1) is 0 Å². The maximum Gasteiger partial charge on any atom is 0.259 e. The Morgan fingerprint density at radius 3 is 2.43 bits per heavy atom. The molecular weight excluding hydrogens is 302 g/mol. The molecule has 0 fully saturated rings. The van der Waals surface area contributed by atoms with E-state index in [1.165, 1.54) is 0 Å². The van der Waals surface area contributed by atoms with Crippen LogP contribution < -0.4 is 10.3 Å². The Morgan fingerprint density at radius 1 is 1.04 bits per heavy atom. The zero-order valence-corrected chi connectivity index (χ0v) is 12.8. The van der Waals surface area contributed by atoms with Crippen LogP contribution in [0.5, 0.6) is 5.75 Å². The van der Waals surface area contributed by atoms with Crippen LogP contribution in [0.3, 0.4) is 0 Å². The second-order valence-electron chi connectivity index (χ2n) is 5.33. The van der Waals surface area contributed by atoms with Crippen LogP contribution in [0.1, 0.15) is 11.1 Å². The predicted octanol–water partition coefficient (Wildman–Crippen LogP) is 3.49. The lowest BCUT2D eigenvalue weighted by atomic mass is 10.0. The molecule has 0 aliphatic heterocycles. The van der Waals surface area contributed by atoms with Crippen molar-refractivity contribution in [1.82, 2.24) is 9.97 Å². The van der Waals surface area contributed by atoms with Gasteiger partial charge in [0.2, 0.25) is 0 Å². The number of aryl methyl sites for hydroxylation is 2. The van der Waals surface area contributed by atoms with Gasteiger partial charge in [0.05, 0.1) is 18.0 Å². The highest BCUT2D eigenvalue weighted by Gasteiger charge is 2.13. The van der Waals surface area contributed by atoms with Gasteiger partial charge < -0.3 is 9.72 Å². The van der Waals surface area contributed by atoms with Crippen molar-refractivity contribution >= 4 is 10.9 Å². The molecule has 0 saturated heterocycles. The largest absolute Gasteiger partial charge is 0.496 e. The van der Waals surface area contributed by atoms with Crippen LogP contribution in [-0.4, -0.2) is 17.1 Å². The molecule has 0 atom stereocenters. The van der Waals surface area contributed by atoms with Crippen molar-refractivity contribution in [2.24, 2.45) is 0 Å². The van der Waals surface area contributed by atoms with E-state index in [0.717, 1.165) is 29.0 Å². The molecule has 3 aromatic rings. The number of halogens is 2. The molecule has 1 aromatic heterocycles. The number of aromatic amines is 1. The molecule has 2 aromatic carbocycles. The molecule has 0 bridgehead atoms. The lowest BCUT2D eigenvalue weighted by Gasteiger charge is -2.11. The first-order chi connectivity index (χ1) is 10.9. The predicted molar refractivity (Wildman–Crippen MR) is 83.7 cm³/mol. The Balaban J connectivity index is 2.27. The molecule has 0 radical (unpaired) electrons. The molecule has 0 aliphatic rings. The summed E-state index contributed by atoms with van der Waals surface area (Å²) in [5, 5.41) is 0.00976. The minimum absolute atomic E-state index is 0.00976. The lowest BCUT2D eigenvalue weighted by Crippen LogP contribution is -2.11. The van der Waals surface area contributed by atoms with Gasteiger partial charge in [0.15, 0.2) is 11.6 Å². The molecule has 23 heavy (non-hydrogen) atoms. The lowest BCUT2D eigenvalue weighted by molar-refractivity contribution is 0.411. The number of aromatic nitrogens is 2. The van der Waals surface area contributed by atoms with Crippen molar-refractivity contribution in [1.29, 1.82) is 0 Å². The van der Waals surface area contributed by atoms with Crippen LogP contribution in [-0.2, 0) is 0 Å². The number of nitrogens with one attached hydrogen (secondary N) is 1. The minimum Gasteiger partial charge on any atom is -0.496 e. The van der Waals surface area contributed by atoms with Gasteiger partial charge in [-0.25, -0.2) is 13.8 Å². The summed E-state index contributed by atoms with van der Waals surface area (Å²) in [6.07, 6.45) is 0. The molecule has 0 spiro atoms. The summed E-state index contributed by atoms with van der Waals surface area (Å²) in [7, 11) is 1.58. The highest BCUT2D eigenvalue weighted by molar-refractivity contribution is 5.80. The third-order valence-electron chi connectivity index (χ3n) is 3.74. The van der Waals surface area contributed by atoms with E-state index in [2.05, 4.69) is 9.97 Å². The Bertz CT molecular complexity index is 980. The van der Waals surface area contributed by atoms with E-state index < -0.39 is 17.2 Å². The second kappa shape index (κ2) is 5.46. The monoisotopic (exact) mass is 316 g/mol. The quantitative estimate of drug-likeness (QED) is 0.787. The molecule has 0 amide bonds. The summed E-state index contributed by atoms with van der Waals surface area (Å²) in [5.41, 5.74) is 2.01. The molecule has 4 nitrogen and oxygen atoms in total. The Kier molecular flexibility index (Phi) is 3.60. The minimum atomic E-state index is -1.07. The number of hydrogen-bond acceptors (Lipinski definition) is 3. The third kappa shape index (κ3) is 2.56. The summed E-state index contributed by atoms with van der Waals surface area (Å²) in [6.45, 7) is 3.72. The summed E-state index contributed by atoms with van der Waals surface area (Å²) < 4.78 is 32.0. The number of ether oxygens (including phenoxy) is 1. The topological polar surface area (TPSA) is 55.0 Å². The Morgan fingerprint density at radius 2 is 1.74 bits per heavy atom. The molecule has 1 N–H and O–H groups in total. The van der Waals surface area contributed by atoms with E-state index in [1.54, 1.807) is 7.11 Å². The van der Waals surface area contributed by atoms with E-state index >= 15 is 0 Å². The highest BCUT2D eigenvalue weighted by Crippen LogP contribution is 2.28. The summed E-state index contributed by atoms with van der Waals surface area (Å²) in [6, 6.07) is 5.44. The maximum absolute atomic E-state index is 13.4. The maximum atomic E-state index is 13.4. The van der Waals surface area contributed by atoms with Gasteiger partial charge in [0.25, 0.3) is 5.56 Å². The summed E-state index contributed by atoms with van der Waals surface area (Å²) in [5.74, 6) is -1.09. The number of nitrogens with zero attached hydrogens (tertiary/aromatic N) is 1. The average Bonchev–Trinajstić information content (AvgIpc) is 2.51. The van der Waals surface area contributed by atoms with Crippen molar-refractivity contribution in [2.45, 2.75) is 13.8 Å². The molecule has 3 rings (SSSR count). The third-order valence-corrected chi connectivity index (χ3v) is 3.74. The molecule has 0 aliphatic carbocycles. The molecule has 0 unspecified atom stereocenters. The van der Waals surface area contributed by atoms with E-state index in [9.17, 15) is 13.6 Å². The smallest absolute Gasteiger partial charge is 0.259 e. The van der Waals surface area contributed by atoms with Gasteiger partial charge in [-0.05, 0) is 43.2 Å². The van der Waals surface area contributed by atoms with Gasteiger partial charge >= 0.3 is 0 Å². The van der Waals surface area contributed by atoms with E-state index in [-0.39, 0.29) is 10.9 Å². The highest BCUT2D eigenvalue weighted by atomic mass is 19.2. The van der Waals surface area contributed by atoms with Gasteiger partial charge in [0.1, 0.15) is 11.6 Å². The zero-order chi connectivity index (χ0) is 16.7. The second-order valence-corrected chi connectivity index (χ2v) is 5.33. The van der Waals surface area contributed by atoms with Crippen LogP contribution in [0.4, 0.5) is 8.78 Å². The van der Waals surface area contributed by atoms with E-state index in [1.807, 2.05) is 26.0 Å². The fourth-order valence-corrected chi connectivity index (χ4v) is 2.53. The van der Waals surface area contributed by atoms with Crippen LogP contribution in [0.25, 0.3) is 22.3 Å². The molecule has 118 valence electrons. The van der Waals surface area contributed by atoms with Gasteiger partial charge in [-0.1, -0.05) is 0 Å². The zero-order valence-electron chi connectivity index (χ0n) is 12.8. The van der Waals surface area contributed by atoms with Gasteiger partial charge in [-0.3, -0.25) is 4.79 Å². The van der Waals surface area contributed by atoms with Crippen LogP contribution in [0, 0.1) is 25.5 Å². The number of rotatable bonds is 2. The Labute approximate surface area is 130 Å². The Hall–Kier alpha value is -2.76. The van der Waals surface area contributed by atoms with Crippen molar-refractivity contribution in [2.75, 3.05) is 7.11 Å². The standard InChI is InChI=1S/C17H14F2N2O2/c1-8-5-15(23-3)9(2)4-10(8)16-20-14-7-13(19)12(18)6-11(14)17(22)21-16/h4-7H,1-3H3,(H,20,21,22). The fourth-order valence-electron chi connectivity index (χ4n) is 2.53. The molecule has 0 saturated carbocycles. The summed E-state index contributed by atoms with van der Waals surface area (Å²) in [4.78, 5) is 19.0. The number of fused-ring (bicyclic) bond motifs is 1. The van der Waals surface area contributed by atoms with Crippen molar-refractivity contribution in [3.05, 3.63) is 57.4 Å². The number of hydrogen-bond donors (Lipinski definition) is 1. The first-order valence-corrected chi connectivity index (χ1v) is 6.95. The number of methoxy groups -OCH3 is 1. The van der Waals surface area contributed by atoms with Crippen molar-refractivity contribution < 1.29 is 13.5 Å². The van der Waals surface area contributed by atoms with Crippen molar-refractivity contribution in [3.8, 4) is 17.1 Å². The van der Waals surface area contributed by atoms with Crippen LogP contribution >= 0.6 is 0 Å². The summed E-state index contributed by atoms with van der Waals surface area (Å²) >= 11 is 0. The van der Waals surface area contributed by atoms with Gasteiger partial charge in [0, 0.05) is 11.6 Å². The van der Waals surface area contributed by atoms with Crippen molar-refractivity contribution in [3.63, 3.8) is 0 Å². The van der Waals surface area contributed by atoms with E-state index in [4.69, 9.17) is 4.74 Å². The number of benzene rings is 2. The van der Waals surface area contributed by atoms with Gasteiger partial charge in [-0.2, -0.15) is 0 Å². The first kappa shape index (κ1) is 15.1. The normalized spacial score (nSPS) is 11.0. The SMILES string of the molecule is COc1cc(C)c(-c2nc3cc(F)c(F)cc3c(=O)[nH]2)cc1C. The first-order valence-electron chi connectivity index (χ1n) is 6.95. The fraction of sp³-hybridized carbons (Fsp3) is 0.176. The molecular formula is C17H14F2N2O2. The molecule has 6 heteroatoms. The average molecular weight is 316 g/mol. The van der Waals surface area contributed by atoms with Crippen LogP contribution in [0.15, 0.2) is 29.1 Å². The van der Waals surface area contributed by atoms with Crippen LogP contribution in [0.2, 0.25) is 0 Å². The van der Waals surface area contributed by atoms with E-state index in [0.29, 0.717) is 11.4 Å². The number of H-pyrrole nitrogens is 1. The molecule has 1 heterocycles.